The first-order chi connectivity index (χ1) is 31.3. The molecule has 1 aromatic heterocycles. The predicted octanol–water partition coefficient (Wildman–Crippen LogP) is 17.7. The van der Waals surface area contributed by atoms with Gasteiger partial charge >= 0.3 is 0 Å². The molecule has 11 rings (SSSR count). The van der Waals surface area contributed by atoms with Crippen LogP contribution in [0.2, 0.25) is 0 Å². The molecule has 0 radical (unpaired) electrons. The van der Waals surface area contributed by atoms with Crippen LogP contribution in [0.15, 0.2) is 255 Å². The summed E-state index contributed by atoms with van der Waals surface area (Å²) in [6, 6.07) is 92.1. The SMILES string of the molecule is c1ccc(-c2cccc(N(c3cccc(-c4ccccc4)c3)c3ccccc3-c3ccccc3N(c3cccc(-c4ccccc4)c3)c3cccc4c3sc3ccccc34)c2)cc1. The largest absolute Gasteiger partial charge is 0.310 e. The van der Waals surface area contributed by atoms with Gasteiger partial charge in [0, 0.05) is 43.7 Å². The summed E-state index contributed by atoms with van der Waals surface area (Å²) in [5.74, 6) is 0. The van der Waals surface area contributed by atoms with Gasteiger partial charge in [0.1, 0.15) is 0 Å². The van der Waals surface area contributed by atoms with Crippen molar-refractivity contribution in [2.75, 3.05) is 9.80 Å². The topological polar surface area (TPSA) is 6.48 Å². The standard InChI is InChI=1S/C60H42N2S/c1-4-20-43(21-5-1)46-26-16-29-49(40-46)61(50-30-17-27-47(41-50)44-22-6-2-7-23-44)56-36-13-10-32-52(56)53-33-11-14-37-57(53)62(51-31-18-28-48(42-51)45-24-8-3-9-25-45)58-38-19-35-55-54-34-12-15-39-59(54)63-60(55)58/h1-42H. The van der Waals surface area contributed by atoms with Gasteiger partial charge in [0.15, 0.2) is 0 Å². The maximum Gasteiger partial charge on any atom is 0.0640 e. The second-order valence-corrected chi connectivity index (χ2v) is 16.8. The second-order valence-electron chi connectivity index (χ2n) is 15.7. The first-order valence-corrected chi connectivity index (χ1v) is 22.2. The van der Waals surface area contributed by atoms with E-state index in [9.17, 15) is 0 Å². The molecule has 63 heavy (non-hydrogen) atoms. The quantitative estimate of drug-likeness (QED) is 0.136. The molecule has 1 heterocycles. The van der Waals surface area contributed by atoms with E-state index < -0.39 is 0 Å². The van der Waals surface area contributed by atoms with Gasteiger partial charge in [-0.15, -0.1) is 11.3 Å². The lowest BCUT2D eigenvalue weighted by atomic mass is 9.97. The number of fused-ring (bicyclic) bond motifs is 3. The molecule has 0 unspecified atom stereocenters. The zero-order chi connectivity index (χ0) is 42.0. The van der Waals surface area contributed by atoms with Gasteiger partial charge in [0.25, 0.3) is 0 Å². The Labute approximate surface area is 372 Å². The maximum atomic E-state index is 2.48. The normalized spacial score (nSPS) is 11.2. The highest BCUT2D eigenvalue weighted by Gasteiger charge is 2.24. The monoisotopic (exact) mass is 822 g/mol. The smallest absolute Gasteiger partial charge is 0.0640 e. The zero-order valence-corrected chi connectivity index (χ0v) is 35.4. The van der Waals surface area contributed by atoms with E-state index in [1.807, 2.05) is 11.3 Å². The number of para-hydroxylation sites is 2. The fourth-order valence-corrected chi connectivity index (χ4v) is 10.1. The molecule has 0 aliphatic rings. The average molecular weight is 823 g/mol. The molecule has 298 valence electrons. The van der Waals surface area contributed by atoms with E-state index in [2.05, 4.69) is 265 Å². The summed E-state index contributed by atoms with van der Waals surface area (Å²) >= 11 is 1.86. The van der Waals surface area contributed by atoms with E-state index in [0.717, 1.165) is 56.4 Å². The van der Waals surface area contributed by atoms with E-state index in [-0.39, 0.29) is 0 Å². The Bertz CT molecular complexity index is 3270. The van der Waals surface area contributed by atoms with Crippen LogP contribution in [0.25, 0.3) is 64.7 Å². The molecule has 0 N–H and O–H groups in total. The van der Waals surface area contributed by atoms with Crippen LogP contribution in [-0.4, -0.2) is 0 Å². The summed E-state index contributed by atoms with van der Waals surface area (Å²) < 4.78 is 2.53. The molecule has 3 heteroatoms. The highest BCUT2D eigenvalue weighted by Crippen LogP contribution is 2.50. The molecule has 0 bridgehead atoms. The summed E-state index contributed by atoms with van der Waals surface area (Å²) in [5, 5.41) is 2.54. The molecule has 0 aliphatic carbocycles. The Morgan fingerprint density at radius 3 is 1.14 bits per heavy atom. The molecule has 11 aromatic rings. The third-order valence-corrected chi connectivity index (χ3v) is 13.0. The Morgan fingerprint density at radius 2 is 0.619 bits per heavy atom. The molecule has 0 aliphatic heterocycles. The van der Waals surface area contributed by atoms with E-state index in [1.165, 1.54) is 42.4 Å². The Hall–Kier alpha value is -7.98. The summed E-state index contributed by atoms with van der Waals surface area (Å²) in [7, 11) is 0. The minimum atomic E-state index is 1.08. The summed E-state index contributed by atoms with van der Waals surface area (Å²) in [4.78, 5) is 4.91. The molecular formula is C60H42N2S. The van der Waals surface area contributed by atoms with Gasteiger partial charge in [0.2, 0.25) is 0 Å². The van der Waals surface area contributed by atoms with Crippen LogP contribution >= 0.6 is 11.3 Å². The Kier molecular flexibility index (Phi) is 10.1. The fraction of sp³-hybridized carbons (Fsp3) is 0. The highest BCUT2D eigenvalue weighted by molar-refractivity contribution is 7.26. The summed E-state index contributed by atoms with van der Waals surface area (Å²) in [6.45, 7) is 0. The fourth-order valence-electron chi connectivity index (χ4n) is 8.90. The molecule has 0 atom stereocenters. The number of benzene rings is 10. The lowest BCUT2D eigenvalue weighted by molar-refractivity contribution is 1.27. The molecule has 0 amide bonds. The second kappa shape index (κ2) is 16.8. The van der Waals surface area contributed by atoms with Crippen molar-refractivity contribution in [1.29, 1.82) is 0 Å². The molecule has 0 fully saturated rings. The van der Waals surface area contributed by atoms with Gasteiger partial charge in [-0.05, 0) is 94.0 Å². The minimum Gasteiger partial charge on any atom is -0.310 e. The van der Waals surface area contributed by atoms with Crippen LogP contribution in [0.5, 0.6) is 0 Å². The lowest BCUT2D eigenvalue weighted by Crippen LogP contribution is -2.14. The zero-order valence-electron chi connectivity index (χ0n) is 34.6. The number of thiophene rings is 1. The third-order valence-electron chi connectivity index (χ3n) is 11.8. The van der Waals surface area contributed by atoms with E-state index >= 15 is 0 Å². The average Bonchev–Trinajstić information content (AvgIpc) is 3.75. The molecule has 2 nitrogen and oxygen atoms in total. The number of hydrogen-bond donors (Lipinski definition) is 0. The molecule has 10 aromatic carbocycles. The van der Waals surface area contributed by atoms with Crippen molar-refractivity contribution in [2.45, 2.75) is 0 Å². The van der Waals surface area contributed by atoms with Crippen LogP contribution < -0.4 is 9.80 Å². The van der Waals surface area contributed by atoms with E-state index in [1.54, 1.807) is 0 Å². The van der Waals surface area contributed by atoms with Crippen molar-refractivity contribution < 1.29 is 0 Å². The first kappa shape index (κ1) is 38.0. The van der Waals surface area contributed by atoms with Crippen molar-refractivity contribution in [2.24, 2.45) is 0 Å². The third kappa shape index (κ3) is 7.35. The van der Waals surface area contributed by atoms with Gasteiger partial charge in [-0.1, -0.05) is 194 Å². The predicted molar refractivity (Wildman–Crippen MR) is 270 cm³/mol. The van der Waals surface area contributed by atoms with Crippen molar-refractivity contribution in [3.8, 4) is 44.5 Å². The number of rotatable bonds is 10. The van der Waals surface area contributed by atoms with Crippen molar-refractivity contribution in [3.63, 3.8) is 0 Å². The van der Waals surface area contributed by atoms with Gasteiger partial charge < -0.3 is 9.80 Å². The maximum absolute atomic E-state index is 2.48. The van der Waals surface area contributed by atoms with Crippen molar-refractivity contribution >= 4 is 65.6 Å². The molecule has 0 saturated carbocycles. The molecular weight excluding hydrogens is 781 g/mol. The lowest BCUT2D eigenvalue weighted by Gasteiger charge is -2.31. The van der Waals surface area contributed by atoms with Crippen molar-refractivity contribution in [1.82, 2.24) is 0 Å². The number of nitrogens with zero attached hydrogens (tertiary/aromatic N) is 2. The van der Waals surface area contributed by atoms with Crippen LogP contribution in [-0.2, 0) is 0 Å². The first-order valence-electron chi connectivity index (χ1n) is 21.4. The van der Waals surface area contributed by atoms with Crippen LogP contribution in [0.3, 0.4) is 0 Å². The Morgan fingerprint density at radius 1 is 0.254 bits per heavy atom. The van der Waals surface area contributed by atoms with E-state index in [0.29, 0.717) is 0 Å². The summed E-state index contributed by atoms with van der Waals surface area (Å²) in [5.41, 5.74) is 15.9. The minimum absolute atomic E-state index is 1.08. The Balaban J connectivity index is 1.14. The van der Waals surface area contributed by atoms with Gasteiger partial charge in [-0.2, -0.15) is 0 Å². The van der Waals surface area contributed by atoms with Crippen molar-refractivity contribution in [3.05, 3.63) is 255 Å². The van der Waals surface area contributed by atoms with Crippen LogP contribution in [0.4, 0.5) is 34.1 Å². The van der Waals surface area contributed by atoms with E-state index in [4.69, 9.17) is 0 Å². The molecule has 0 spiro atoms. The van der Waals surface area contributed by atoms with Gasteiger partial charge in [-0.25, -0.2) is 0 Å². The number of hydrogen-bond acceptors (Lipinski definition) is 3. The van der Waals surface area contributed by atoms with Gasteiger partial charge in [-0.3, -0.25) is 0 Å². The van der Waals surface area contributed by atoms with Crippen LogP contribution in [0, 0.1) is 0 Å². The van der Waals surface area contributed by atoms with Crippen LogP contribution in [0.1, 0.15) is 0 Å². The highest BCUT2D eigenvalue weighted by atomic mass is 32.1. The molecule has 0 saturated heterocycles. The number of anilines is 6. The summed E-state index contributed by atoms with van der Waals surface area (Å²) in [6.07, 6.45) is 0. The van der Waals surface area contributed by atoms with Gasteiger partial charge in [0.05, 0.1) is 21.8 Å².